The van der Waals surface area contributed by atoms with Crippen molar-refractivity contribution in [2.75, 3.05) is 13.2 Å². The largest absolute Gasteiger partial charge is 0.454 e. The van der Waals surface area contributed by atoms with Crippen LogP contribution in [0.3, 0.4) is 0 Å². The zero-order valence-corrected chi connectivity index (χ0v) is 17.6. The smallest absolute Gasteiger partial charge is 0.165 e. The quantitative estimate of drug-likeness (QED) is 0.312. The van der Waals surface area contributed by atoms with Gasteiger partial charge in [0.25, 0.3) is 0 Å². The van der Waals surface area contributed by atoms with Gasteiger partial charge < -0.3 is 15.4 Å². The lowest BCUT2D eigenvalue weighted by atomic mass is 10.1. The Hall–Kier alpha value is -2.92. The van der Waals surface area contributed by atoms with E-state index in [1.54, 1.807) is 24.3 Å². The summed E-state index contributed by atoms with van der Waals surface area (Å²) in [5.41, 5.74) is 2.84. The van der Waals surface area contributed by atoms with Crippen LogP contribution in [0.5, 0.6) is 11.5 Å². The van der Waals surface area contributed by atoms with Crippen molar-refractivity contribution < 1.29 is 13.5 Å². The Morgan fingerprint density at radius 2 is 1.93 bits per heavy atom. The summed E-state index contributed by atoms with van der Waals surface area (Å²) in [5, 5.41) is 6.49. The number of alkyl halides is 1. The molecule has 0 heterocycles. The molecule has 5 heteroatoms. The minimum Gasteiger partial charge on any atom is -0.454 e. The van der Waals surface area contributed by atoms with E-state index in [1.807, 2.05) is 31.3 Å². The topological polar surface area (TPSA) is 33.3 Å². The molecule has 2 aromatic rings. The molecule has 0 aliphatic heterocycles. The number of allylic oxidation sites excluding steroid dienone is 4. The molecular weight excluding hydrogens is 382 g/mol. The summed E-state index contributed by atoms with van der Waals surface area (Å²) < 4.78 is 32.1. The molecule has 0 saturated carbocycles. The van der Waals surface area contributed by atoms with Crippen LogP contribution in [-0.4, -0.2) is 13.2 Å². The third-order valence-corrected chi connectivity index (χ3v) is 4.32. The monoisotopic (exact) mass is 412 g/mol. The normalized spacial score (nSPS) is 12.4. The third kappa shape index (κ3) is 8.62. The van der Waals surface area contributed by atoms with Crippen LogP contribution in [0.4, 0.5) is 8.78 Å². The fourth-order valence-corrected chi connectivity index (χ4v) is 2.67. The van der Waals surface area contributed by atoms with Crippen molar-refractivity contribution >= 4 is 0 Å². The Bertz CT molecular complexity index is 861. The molecule has 0 aromatic heterocycles. The van der Waals surface area contributed by atoms with Gasteiger partial charge in [0.1, 0.15) is 12.4 Å². The highest BCUT2D eigenvalue weighted by Gasteiger charge is 2.06. The second-order valence-corrected chi connectivity index (χ2v) is 6.82. The Morgan fingerprint density at radius 1 is 1.13 bits per heavy atom. The van der Waals surface area contributed by atoms with Crippen LogP contribution in [0.2, 0.25) is 0 Å². The number of benzene rings is 2. The second kappa shape index (κ2) is 13.3. The average molecular weight is 413 g/mol. The predicted octanol–water partition coefficient (Wildman–Crippen LogP) is 6.41. The molecule has 0 fully saturated rings. The van der Waals surface area contributed by atoms with Crippen LogP contribution >= 0.6 is 0 Å². The van der Waals surface area contributed by atoms with Crippen molar-refractivity contribution in [3.05, 3.63) is 95.6 Å². The highest BCUT2D eigenvalue weighted by Crippen LogP contribution is 2.25. The van der Waals surface area contributed by atoms with E-state index in [0.29, 0.717) is 12.3 Å². The Balaban J connectivity index is 1.90. The van der Waals surface area contributed by atoms with Crippen molar-refractivity contribution in [1.29, 1.82) is 0 Å². The summed E-state index contributed by atoms with van der Waals surface area (Å²) in [7, 11) is 0. The molecule has 0 aliphatic rings. The first-order chi connectivity index (χ1) is 14.6. The minimum absolute atomic E-state index is 0.214. The SMILES string of the molecule is CC/C=C/C(=C\N/C(C)=C/CF)CCNCc1ccc(F)c(Oc2ccccc2)c1. The first-order valence-corrected chi connectivity index (χ1v) is 10.2. The number of para-hydroxylation sites is 1. The molecule has 30 heavy (non-hydrogen) atoms. The first-order valence-electron chi connectivity index (χ1n) is 10.2. The lowest BCUT2D eigenvalue weighted by Crippen LogP contribution is -2.15. The van der Waals surface area contributed by atoms with Gasteiger partial charge in [0.2, 0.25) is 0 Å². The van der Waals surface area contributed by atoms with Crippen molar-refractivity contribution in [2.45, 2.75) is 33.2 Å². The Morgan fingerprint density at radius 3 is 2.67 bits per heavy atom. The third-order valence-electron chi connectivity index (χ3n) is 4.32. The summed E-state index contributed by atoms with van der Waals surface area (Å²) in [4.78, 5) is 0. The number of halogens is 2. The van der Waals surface area contributed by atoms with E-state index < -0.39 is 6.67 Å². The van der Waals surface area contributed by atoms with Gasteiger partial charge >= 0.3 is 0 Å². The zero-order chi connectivity index (χ0) is 21.6. The lowest BCUT2D eigenvalue weighted by molar-refractivity contribution is 0.441. The Kier molecular flexibility index (Phi) is 10.4. The van der Waals surface area contributed by atoms with Gasteiger partial charge in [-0.2, -0.15) is 0 Å². The van der Waals surface area contributed by atoms with Crippen molar-refractivity contribution in [3.8, 4) is 11.5 Å². The molecule has 0 atom stereocenters. The molecule has 160 valence electrons. The number of rotatable bonds is 12. The molecule has 0 amide bonds. The van der Waals surface area contributed by atoms with Crippen molar-refractivity contribution in [3.63, 3.8) is 0 Å². The van der Waals surface area contributed by atoms with E-state index in [1.165, 1.54) is 12.1 Å². The number of hydrogen-bond acceptors (Lipinski definition) is 3. The summed E-state index contributed by atoms with van der Waals surface area (Å²) in [6, 6.07) is 14.1. The summed E-state index contributed by atoms with van der Waals surface area (Å²) >= 11 is 0. The zero-order valence-electron chi connectivity index (χ0n) is 17.6. The van der Waals surface area contributed by atoms with E-state index in [2.05, 4.69) is 29.7 Å². The Labute approximate surface area is 178 Å². The van der Waals surface area contributed by atoms with E-state index in [9.17, 15) is 8.78 Å². The standard InChI is InChI=1S/C25H30F2N2O/c1-3-4-8-21(19-29-20(2)13-15-26)14-16-28-18-22-11-12-24(27)25(17-22)30-23-9-6-5-7-10-23/h4-13,17,19,28-29H,3,14-16,18H2,1-2H3/b8-4+,20-13+,21-19+. The summed E-state index contributed by atoms with van der Waals surface area (Å²) in [6.45, 7) is 4.78. The van der Waals surface area contributed by atoms with Crippen LogP contribution in [0.25, 0.3) is 0 Å². The van der Waals surface area contributed by atoms with Gasteiger partial charge in [-0.05, 0) is 67.8 Å². The predicted molar refractivity (Wildman–Crippen MR) is 120 cm³/mol. The average Bonchev–Trinajstić information content (AvgIpc) is 2.75. The molecule has 0 aliphatic carbocycles. The molecule has 0 spiro atoms. The summed E-state index contributed by atoms with van der Waals surface area (Å²) in [5.74, 6) is 0.426. The summed E-state index contributed by atoms with van der Waals surface area (Å²) in [6.07, 6.45) is 9.32. The molecule has 3 nitrogen and oxygen atoms in total. The molecule has 0 unspecified atom stereocenters. The van der Waals surface area contributed by atoms with Crippen LogP contribution in [0.15, 0.2) is 84.2 Å². The molecule has 0 saturated heterocycles. The first kappa shape index (κ1) is 23.4. The van der Waals surface area contributed by atoms with Gasteiger partial charge in [-0.25, -0.2) is 8.78 Å². The fourth-order valence-electron chi connectivity index (χ4n) is 2.67. The van der Waals surface area contributed by atoms with Gasteiger partial charge in [-0.15, -0.1) is 0 Å². The number of hydrogen-bond donors (Lipinski definition) is 2. The van der Waals surface area contributed by atoms with Gasteiger partial charge in [0, 0.05) is 18.4 Å². The van der Waals surface area contributed by atoms with Gasteiger partial charge in [-0.1, -0.05) is 43.3 Å². The van der Waals surface area contributed by atoms with E-state index in [-0.39, 0.29) is 11.6 Å². The number of ether oxygens (including phenoxy) is 1. The fraction of sp³-hybridized carbons (Fsp3) is 0.280. The molecular formula is C25H30F2N2O. The van der Waals surface area contributed by atoms with Crippen LogP contribution in [-0.2, 0) is 6.54 Å². The van der Waals surface area contributed by atoms with Gasteiger partial charge in [0.15, 0.2) is 11.6 Å². The lowest BCUT2D eigenvalue weighted by Gasteiger charge is -2.10. The van der Waals surface area contributed by atoms with E-state index >= 15 is 0 Å². The number of nitrogens with one attached hydrogen (secondary N) is 2. The molecule has 2 aromatic carbocycles. The van der Waals surface area contributed by atoms with Crippen LogP contribution < -0.4 is 15.4 Å². The van der Waals surface area contributed by atoms with E-state index in [0.717, 1.165) is 36.2 Å². The highest BCUT2D eigenvalue weighted by molar-refractivity contribution is 5.35. The maximum Gasteiger partial charge on any atom is 0.165 e. The maximum atomic E-state index is 14.1. The highest BCUT2D eigenvalue weighted by atomic mass is 19.1. The molecule has 0 bridgehead atoms. The van der Waals surface area contributed by atoms with Crippen molar-refractivity contribution in [2.24, 2.45) is 0 Å². The molecule has 2 rings (SSSR count). The minimum atomic E-state index is -0.484. The second-order valence-electron chi connectivity index (χ2n) is 6.82. The van der Waals surface area contributed by atoms with Gasteiger partial charge in [0.05, 0.1) is 0 Å². The molecule has 0 radical (unpaired) electrons. The maximum absolute atomic E-state index is 14.1. The van der Waals surface area contributed by atoms with Crippen LogP contribution in [0.1, 0.15) is 32.3 Å². The van der Waals surface area contributed by atoms with Crippen molar-refractivity contribution in [1.82, 2.24) is 10.6 Å². The van der Waals surface area contributed by atoms with E-state index in [4.69, 9.17) is 4.74 Å². The molecule has 2 N–H and O–H groups in total. The van der Waals surface area contributed by atoms with Crippen LogP contribution in [0, 0.1) is 5.82 Å². The van der Waals surface area contributed by atoms with Gasteiger partial charge in [-0.3, -0.25) is 0 Å².